The summed E-state index contributed by atoms with van der Waals surface area (Å²) in [6.07, 6.45) is 5.18. The highest BCUT2D eigenvalue weighted by molar-refractivity contribution is 5.90. The van der Waals surface area contributed by atoms with Gasteiger partial charge in [-0.1, -0.05) is 19.8 Å². The van der Waals surface area contributed by atoms with Crippen LogP contribution in [0.15, 0.2) is 18.2 Å². The summed E-state index contributed by atoms with van der Waals surface area (Å²) in [4.78, 5) is 33.8. The van der Waals surface area contributed by atoms with Gasteiger partial charge in [0.15, 0.2) is 18.1 Å². The normalized spacial score (nSPS) is 12.2. The number of nitro benzene ring substituents is 1. The van der Waals surface area contributed by atoms with E-state index in [9.17, 15) is 19.7 Å². The quantitative estimate of drug-likeness (QED) is 0.235. The molecule has 9 nitrogen and oxygen atoms in total. The summed E-state index contributed by atoms with van der Waals surface area (Å²) in [5.41, 5.74) is -0.0628. The molecule has 2 rings (SSSR count). The average molecular weight is 364 g/mol. The second-order valence-corrected chi connectivity index (χ2v) is 5.52. The van der Waals surface area contributed by atoms with Gasteiger partial charge in [0.2, 0.25) is 6.79 Å². The summed E-state index contributed by atoms with van der Waals surface area (Å²) in [6, 6.07) is 2.64. The molecule has 0 saturated carbocycles. The van der Waals surface area contributed by atoms with Crippen molar-refractivity contribution in [2.24, 2.45) is 0 Å². The number of nitro groups is 1. The SMILES string of the molecule is CCCCCNC(=O)COC(=O)/C=C/c1cc2c(cc1[N+](=O)[O-])OCO2. The molecule has 1 aliphatic rings. The van der Waals surface area contributed by atoms with Gasteiger partial charge >= 0.3 is 5.97 Å². The topological polar surface area (TPSA) is 117 Å². The van der Waals surface area contributed by atoms with Crippen LogP contribution in [0.3, 0.4) is 0 Å². The van der Waals surface area contributed by atoms with E-state index in [-0.39, 0.29) is 23.8 Å². The number of ether oxygens (including phenoxy) is 3. The van der Waals surface area contributed by atoms with Crippen molar-refractivity contribution in [1.29, 1.82) is 0 Å². The zero-order chi connectivity index (χ0) is 18.9. The van der Waals surface area contributed by atoms with Gasteiger partial charge in [-0.25, -0.2) is 4.79 Å². The Bertz CT molecular complexity index is 715. The average Bonchev–Trinajstić information content (AvgIpc) is 3.08. The Morgan fingerprint density at radius 1 is 1.31 bits per heavy atom. The lowest BCUT2D eigenvalue weighted by molar-refractivity contribution is -0.385. The lowest BCUT2D eigenvalue weighted by Crippen LogP contribution is -2.29. The summed E-state index contributed by atoms with van der Waals surface area (Å²) >= 11 is 0. The first-order valence-corrected chi connectivity index (χ1v) is 8.20. The minimum Gasteiger partial charge on any atom is -0.454 e. The molecule has 0 atom stereocenters. The molecule has 1 aliphatic heterocycles. The maximum atomic E-state index is 11.7. The summed E-state index contributed by atoms with van der Waals surface area (Å²) in [5, 5.41) is 13.8. The number of nitrogens with zero attached hydrogens (tertiary/aromatic N) is 1. The zero-order valence-corrected chi connectivity index (χ0v) is 14.4. The molecule has 0 spiro atoms. The predicted octanol–water partition coefficient (Wildman–Crippen LogP) is 2.19. The molecule has 9 heteroatoms. The highest BCUT2D eigenvalue weighted by Crippen LogP contribution is 2.38. The number of amides is 1. The molecule has 1 aromatic rings. The number of esters is 1. The fourth-order valence-corrected chi connectivity index (χ4v) is 2.24. The highest BCUT2D eigenvalue weighted by Gasteiger charge is 2.22. The Morgan fingerprint density at radius 3 is 2.73 bits per heavy atom. The van der Waals surface area contributed by atoms with E-state index in [1.807, 2.05) is 0 Å². The molecular weight excluding hydrogens is 344 g/mol. The number of fused-ring (bicyclic) bond motifs is 1. The van der Waals surface area contributed by atoms with E-state index in [4.69, 9.17) is 14.2 Å². The second kappa shape index (κ2) is 9.40. The number of rotatable bonds is 9. The Labute approximate surface area is 150 Å². The largest absolute Gasteiger partial charge is 0.454 e. The fraction of sp³-hybridized carbons (Fsp3) is 0.412. The molecule has 1 amide bonds. The number of hydrogen-bond donors (Lipinski definition) is 1. The van der Waals surface area contributed by atoms with Crippen LogP contribution in [-0.2, 0) is 14.3 Å². The third-order valence-electron chi connectivity index (χ3n) is 3.57. The third-order valence-corrected chi connectivity index (χ3v) is 3.57. The van der Waals surface area contributed by atoms with E-state index < -0.39 is 23.4 Å². The van der Waals surface area contributed by atoms with Gasteiger partial charge in [-0.3, -0.25) is 14.9 Å². The lowest BCUT2D eigenvalue weighted by Gasteiger charge is -2.04. The van der Waals surface area contributed by atoms with Gasteiger partial charge < -0.3 is 19.5 Å². The maximum Gasteiger partial charge on any atom is 0.331 e. The van der Waals surface area contributed by atoms with Crippen LogP contribution in [0.25, 0.3) is 6.08 Å². The number of benzene rings is 1. The van der Waals surface area contributed by atoms with Crippen molar-refractivity contribution in [3.63, 3.8) is 0 Å². The van der Waals surface area contributed by atoms with Crippen molar-refractivity contribution in [2.45, 2.75) is 26.2 Å². The Morgan fingerprint density at radius 2 is 2.04 bits per heavy atom. The number of nitrogens with one attached hydrogen (secondary N) is 1. The van der Waals surface area contributed by atoms with Crippen LogP contribution in [0.1, 0.15) is 31.7 Å². The van der Waals surface area contributed by atoms with Gasteiger partial charge in [0.25, 0.3) is 11.6 Å². The summed E-state index contributed by atoms with van der Waals surface area (Å²) in [7, 11) is 0. The zero-order valence-electron chi connectivity index (χ0n) is 14.4. The molecule has 26 heavy (non-hydrogen) atoms. The van der Waals surface area contributed by atoms with Crippen molar-refractivity contribution < 1.29 is 28.7 Å². The van der Waals surface area contributed by atoms with Crippen LogP contribution in [0.5, 0.6) is 11.5 Å². The molecule has 0 saturated heterocycles. The molecule has 1 heterocycles. The van der Waals surface area contributed by atoms with Gasteiger partial charge in [0, 0.05) is 12.6 Å². The molecule has 0 aliphatic carbocycles. The summed E-state index contributed by atoms with van der Waals surface area (Å²) in [6.45, 7) is 2.16. The third kappa shape index (κ3) is 5.47. The van der Waals surface area contributed by atoms with E-state index >= 15 is 0 Å². The van der Waals surface area contributed by atoms with E-state index in [0.717, 1.165) is 25.3 Å². The Kier molecular flexibility index (Phi) is 6.95. The number of carbonyl (C=O) groups excluding carboxylic acids is 2. The van der Waals surface area contributed by atoms with Crippen LogP contribution >= 0.6 is 0 Å². The minimum atomic E-state index is -0.777. The number of hydrogen-bond acceptors (Lipinski definition) is 7. The van der Waals surface area contributed by atoms with Crippen LogP contribution in [0, 0.1) is 10.1 Å². The van der Waals surface area contributed by atoms with Gasteiger partial charge in [0.05, 0.1) is 16.6 Å². The van der Waals surface area contributed by atoms with Crippen LogP contribution in [-0.4, -0.2) is 36.7 Å². The van der Waals surface area contributed by atoms with Gasteiger partial charge in [-0.2, -0.15) is 0 Å². The van der Waals surface area contributed by atoms with Crippen molar-refractivity contribution >= 4 is 23.6 Å². The first-order valence-electron chi connectivity index (χ1n) is 8.20. The van der Waals surface area contributed by atoms with Crippen molar-refractivity contribution in [2.75, 3.05) is 19.9 Å². The molecular formula is C17H20N2O7. The van der Waals surface area contributed by atoms with Gasteiger partial charge in [0.1, 0.15) is 0 Å². The first-order chi connectivity index (χ1) is 12.5. The predicted molar refractivity (Wildman–Crippen MR) is 91.7 cm³/mol. The fourth-order valence-electron chi connectivity index (χ4n) is 2.24. The number of unbranched alkanes of at least 4 members (excludes halogenated alkanes) is 2. The van der Waals surface area contributed by atoms with Crippen LogP contribution < -0.4 is 14.8 Å². The molecule has 140 valence electrons. The van der Waals surface area contributed by atoms with E-state index in [0.29, 0.717) is 12.3 Å². The Hall–Kier alpha value is -3.10. The molecule has 1 aromatic carbocycles. The highest BCUT2D eigenvalue weighted by atomic mass is 16.7. The van der Waals surface area contributed by atoms with Crippen LogP contribution in [0.2, 0.25) is 0 Å². The Balaban J connectivity index is 1.90. The van der Waals surface area contributed by atoms with Crippen molar-refractivity contribution in [1.82, 2.24) is 5.32 Å². The summed E-state index contributed by atoms with van der Waals surface area (Å²) < 4.78 is 15.1. The van der Waals surface area contributed by atoms with Crippen LogP contribution in [0.4, 0.5) is 5.69 Å². The first kappa shape index (κ1) is 19.2. The van der Waals surface area contributed by atoms with Gasteiger partial charge in [-0.15, -0.1) is 0 Å². The molecule has 0 unspecified atom stereocenters. The molecule has 0 fully saturated rings. The molecule has 0 aromatic heterocycles. The van der Waals surface area contributed by atoms with E-state index in [2.05, 4.69) is 12.2 Å². The molecule has 0 bridgehead atoms. The monoisotopic (exact) mass is 364 g/mol. The smallest absolute Gasteiger partial charge is 0.331 e. The second-order valence-electron chi connectivity index (χ2n) is 5.52. The number of carbonyl (C=O) groups is 2. The summed E-state index contributed by atoms with van der Waals surface area (Å²) in [5.74, 6) is -0.538. The maximum absolute atomic E-state index is 11.7. The molecule has 0 radical (unpaired) electrons. The van der Waals surface area contributed by atoms with Crippen molar-refractivity contribution in [3.8, 4) is 11.5 Å². The standard InChI is InChI=1S/C17H20N2O7/c1-2-3-4-7-18-16(20)10-24-17(21)6-5-12-8-14-15(26-11-25-14)9-13(12)19(22)23/h5-6,8-9H,2-4,7,10-11H2,1H3,(H,18,20)/b6-5+. The lowest BCUT2D eigenvalue weighted by atomic mass is 10.1. The van der Waals surface area contributed by atoms with E-state index in [1.54, 1.807) is 0 Å². The van der Waals surface area contributed by atoms with Crippen molar-refractivity contribution in [3.05, 3.63) is 33.9 Å². The minimum absolute atomic E-state index is 0.0188. The van der Waals surface area contributed by atoms with E-state index in [1.165, 1.54) is 18.2 Å². The van der Waals surface area contributed by atoms with Gasteiger partial charge in [-0.05, 0) is 18.6 Å². The molecule has 1 N–H and O–H groups in total.